The first kappa shape index (κ1) is 46.0. The summed E-state index contributed by atoms with van der Waals surface area (Å²) in [6.45, 7) is 8.73. The van der Waals surface area contributed by atoms with Gasteiger partial charge in [-0.25, -0.2) is 18.8 Å². The Labute approximate surface area is 373 Å². The van der Waals surface area contributed by atoms with Crippen molar-refractivity contribution in [1.82, 2.24) is 13.7 Å². The first-order chi connectivity index (χ1) is 31.5. The minimum atomic E-state index is -0.565. The van der Waals surface area contributed by atoms with Crippen LogP contribution in [0.4, 0.5) is 4.39 Å². The number of aromatic nitrogens is 3. The lowest BCUT2D eigenvalue weighted by atomic mass is 10.1. The molecule has 3 heterocycles. The third kappa shape index (κ3) is 11.7. The van der Waals surface area contributed by atoms with Gasteiger partial charge in [-0.1, -0.05) is 88.3 Å². The molecule has 0 spiro atoms. The normalized spacial score (nSPS) is 11.4. The van der Waals surface area contributed by atoms with Gasteiger partial charge in [-0.05, 0) is 68.4 Å². The second-order valence-electron chi connectivity index (χ2n) is 14.1. The van der Waals surface area contributed by atoms with Crippen molar-refractivity contribution in [1.29, 1.82) is 5.26 Å². The number of oxime groups is 3. The second-order valence-corrected chi connectivity index (χ2v) is 14.1. The van der Waals surface area contributed by atoms with Gasteiger partial charge in [0.05, 0.1) is 28.5 Å². The van der Waals surface area contributed by atoms with Gasteiger partial charge in [-0.15, -0.1) is 0 Å². The summed E-state index contributed by atoms with van der Waals surface area (Å²) in [7, 11) is 0. The Morgan fingerprint density at radius 3 is 1.71 bits per heavy atom. The zero-order valence-electron chi connectivity index (χ0n) is 36.2. The fourth-order valence-corrected chi connectivity index (χ4v) is 6.71. The smallest absolute Gasteiger partial charge is 0.332 e. The van der Waals surface area contributed by atoms with E-state index in [1.807, 2.05) is 148 Å². The number of rotatable bonds is 11. The highest BCUT2D eigenvalue weighted by molar-refractivity contribution is 6.18. The molecule has 0 unspecified atom stereocenters. The number of ether oxygens (including phenoxy) is 1. The highest BCUT2D eigenvalue weighted by atomic mass is 19.1. The molecular formula is C50H44FN7O7. The number of hydrogen-bond acceptors (Lipinski definition) is 11. The van der Waals surface area contributed by atoms with Crippen molar-refractivity contribution in [2.75, 3.05) is 6.61 Å². The van der Waals surface area contributed by atoms with E-state index < -0.39 is 17.9 Å². The van der Waals surface area contributed by atoms with Crippen LogP contribution in [0.15, 0.2) is 161 Å². The van der Waals surface area contributed by atoms with E-state index in [1.54, 1.807) is 19.1 Å². The van der Waals surface area contributed by atoms with Gasteiger partial charge in [0.25, 0.3) is 0 Å². The third-order valence-corrected chi connectivity index (χ3v) is 9.52. The minimum absolute atomic E-state index is 0.0612. The molecule has 0 aliphatic heterocycles. The summed E-state index contributed by atoms with van der Waals surface area (Å²) in [5.74, 6) is -1.75. The summed E-state index contributed by atoms with van der Waals surface area (Å²) >= 11 is 0. The number of nitrogens with zero attached hydrogens (tertiary/aromatic N) is 7. The molecule has 5 aromatic carbocycles. The molecule has 0 N–H and O–H groups in total. The molecule has 65 heavy (non-hydrogen) atoms. The maximum absolute atomic E-state index is 13.1. The largest absolute Gasteiger partial charge is 0.361 e. The highest BCUT2D eigenvalue weighted by Gasteiger charge is 2.16. The topological polar surface area (TPSA) is 164 Å². The quantitative estimate of drug-likeness (QED) is 0.0704. The van der Waals surface area contributed by atoms with E-state index >= 15 is 0 Å². The van der Waals surface area contributed by atoms with Gasteiger partial charge in [-0.2, -0.15) is 5.26 Å². The average Bonchev–Trinajstić information content (AvgIpc) is 4.01. The number of carbonyl (C=O) groups is 3. The van der Waals surface area contributed by atoms with E-state index in [4.69, 9.17) is 9.57 Å². The van der Waals surface area contributed by atoms with Crippen LogP contribution in [0.2, 0.25) is 0 Å². The maximum Gasteiger partial charge on any atom is 0.332 e. The first-order valence-electron chi connectivity index (χ1n) is 20.3. The molecular weight excluding hydrogens is 830 g/mol. The minimum Gasteiger partial charge on any atom is -0.361 e. The van der Waals surface area contributed by atoms with Crippen molar-refractivity contribution in [3.63, 3.8) is 0 Å². The zero-order chi connectivity index (χ0) is 46.3. The van der Waals surface area contributed by atoms with Crippen LogP contribution >= 0.6 is 0 Å². The molecule has 0 aliphatic rings. The molecule has 8 rings (SSSR count). The monoisotopic (exact) mass is 873 g/mol. The van der Waals surface area contributed by atoms with E-state index in [-0.39, 0.29) is 11.5 Å². The van der Waals surface area contributed by atoms with Gasteiger partial charge >= 0.3 is 17.9 Å². The number of hydrogen-bond donors (Lipinski definition) is 0. The van der Waals surface area contributed by atoms with Crippen molar-refractivity contribution in [3.8, 4) is 17.4 Å². The van der Waals surface area contributed by atoms with E-state index in [0.29, 0.717) is 24.6 Å². The number of halogens is 1. The van der Waals surface area contributed by atoms with Crippen LogP contribution in [-0.4, -0.2) is 55.9 Å². The molecule has 328 valence electrons. The van der Waals surface area contributed by atoms with Crippen molar-refractivity contribution in [3.05, 3.63) is 168 Å². The summed E-state index contributed by atoms with van der Waals surface area (Å²) in [5.41, 5.74) is 7.79. The Balaban J connectivity index is 0.000000163. The third-order valence-electron chi connectivity index (χ3n) is 9.52. The van der Waals surface area contributed by atoms with Gasteiger partial charge < -0.3 is 33.0 Å². The van der Waals surface area contributed by atoms with Gasteiger partial charge in [0.15, 0.2) is 5.71 Å². The molecule has 0 amide bonds. The van der Waals surface area contributed by atoms with Crippen LogP contribution in [0.5, 0.6) is 0 Å². The lowest BCUT2D eigenvalue weighted by Gasteiger charge is -2.04. The molecule has 0 saturated carbocycles. The summed E-state index contributed by atoms with van der Waals surface area (Å²) < 4.78 is 24.5. The summed E-state index contributed by atoms with van der Waals surface area (Å²) in [4.78, 5) is 46.5. The van der Waals surface area contributed by atoms with Crippen LogP contribution in [0.25, 0.3) is 44.1 Å². The molecule has 14 nitrogen and oxygen atoms in total. The molecule has 0 atom stereocenters. The molecule has 0 saturated heterocycles. The van der Waals surface area contributed by atoms with Crippen LogP contribution in [0.3, 0.4) is 0 Å². The molecule has 3 aromatic heterocycles. The maximum atomic E-state index is 13.1. The summed E-state index contributed by atoms with van der Waals surface area (Å²) in [6.07, 6.45) is 7.19. The molecule has 15 heteroatoms. The molecule has 0 fully saturated rings. The molecule has 0 bridgehead atoms. The Bertz CT molecular complexity index is 3090. The average molecular weight is 874 g/mol. The number of para-hydroxylation sites is 4. The fraction of sp³-hybridized carbons (Fsp3) is 0.140. The van der Waals surface area contributed by atoms with Gasteiger partial charge in [0, 0.05) is 90.2 Å². The van der Waals surface area contributed by atoms with E-state index in [1.165, 1.54) is 39.1 Å². The molecule has 0 aliphatic carbocycles. The van der Waals surface area contributed by atoms with Crippen molar-refractivity contribution in [2.24, 2.45) is 15.5 Å². The molecule has 0 radical (unpaired) electrons. The SMILES string of the molecule is CC(=O)O/N=C(\C#N)c1cn(-c2ccccc2)c2ccccc12.CC(=O)O/N=C(\C)c1cn(-c2ccc(F)cc2)c2ccccc12.CCOCn1cc(/C=N/OC(C)=O)c2ccccc21. The fourth-order valence-electron chi connectivity index (χ4n) is 6.71. The predicted octanol–water partition coefficient (Wildman–Crippen LogP) is 10.0. The summed E-state index contributed by atoms with van der Waals surface area (Å²) in [5, 5.41) is 23.4. The van der Waals surface area contributed by atoms with Gasteiger partial charge in [0.1, 0.15) is 18.6 Å². The van der Waals surface area contributed by atoms with Crippen LogP contribution < -0.4 is 0 Å². The van der Waals surface area contributed by atoms with Crippen molar-refractivity contribution < 1.29 is 38.0 Å². The number of nitriles is 1. The highest BCUT2D eigenvalue weighted by Crippen LogP contribution is 2.27. The van der Waals surface area contributed by atoms with E-state index in [2.05, 4.69) is 25.1 Å². The van der Waals surface area contributed by atoms with Crippen LogP contribution in [0.1, 0.15) is 51.3 Å². The van der Waals surface area contributed by atoms with Gasteiger partial charge in [0.2, 0.25) is 0 Å². The number of carbonyl (C=O) groups excluding carboxylic acids is 3. The van der Waals surface area contributed by atoms with E-state index in [0.717, 1.165) is 55.2 Å². The Morgan fingerprint density at radius 1 is 0.615 bits per heavy atom. The van der Waals surface area contributed by atoms with Crippen LogP contribution in [0, 0.1) is 17.1 Å². The predicted molar refractivity (Wildman–Crippen MR) is 247 cm³/mol. The molecule has 8 aromatic rings. The zero-order valence-corrected chi connectivity index (χ0v) is 36.2. The Hall–Kier alpha value is -8.48. The van der Waals surface area contributed by atoms with Crippen LogP contribution in [-0.2, 0) is 40.4 Å². The Morgan fingerprint density at radius 2 is 1.12 bits per heavy atom. The lowest BCUT2D eigenvalue weighted by Crippen LogP contribution is -2.01. The Kier molecular flexibility index (Phi) is 15.6. The number of benzene rings is 5. The first-order valence-corrected chi connectivity index (χ1v) is 20.3. The van der Waals surface area contributed by atoms with Crippen molar-refractivity contribution in [2.45, 2.75) is 41.3 Å². The standard InChI is InChI=1S/C18H15FN2O2.C18H13N3O2.C14H16N2O3/c1-12(20-23-13(2)22)17-11-21(15-9-7-14(19)8-10-15)18-6-4-3-5-16(17)18;1-13(22)23-20-17(11-19)16-12-21(14-7-3-2-4-8-14)18-10-6-5-9-15(16)18;1-3-18-10-16-9-12(8-15-19-11(2)17)13-6-4-5-7-14(13)16/h3-11H,1-2H3;2-10,12H,1H3;4-9H,3,10H2,1-2H3/b20-12+;20-17+;15-8+. The van der Waals surface area contributed by atoms with E-state index in [9.17, 15) is 24.0 Å². The number of fused-ring (bicyclic) bond motifs is 3. The lowest BCUT2D eigenvalue weighted by molar-refractivity contribution is -0.141. The summed E-state index contributed by atoms with van der Waals surface area (Å²) in [6, 6.07) is 41.5. The van der Waals surface area contributed by atoms with Crippen molar-refractivity contribution >= 4 is 68.3 Å². The van der Waals surface area contributed by atoms with Gasteiger partial charge in [-0.3, -0.25) is 0 Å². The second kappa shape index (κ2) is 22.0.